The van der Waals surface area contributed by atoms with Crippen molar-refractivity contribution < 1.29 is 19.0 Å². The van der Waals surface area contributed by atoms with Gasteiger partial charge in [-0.2, -0.15) is 0 Å². The van der Waals surface area contributed by atoms with Gasteiger partial charge in [0.2, 0.25) is 0 Å². The molecule has 1 heterocycles. The van der Waals surface area contributed by atoms with Gasteiger partial charge in [-0.05, 0) is 32.9 Å². The highest BCUT2D eigenvalue weighted by molar-refractivity contribution is 5.69. The standard InChI is InChI=1S/C15H22N2O4/c1-15(2,3)21-14(18)17-8-11(9-17)20-10-5-6-12(16)13(7-10)19-4/h5-7,11H,8-9,16H2,1-4H3. The Morgan fingerprint density at radius 3 is 2.57 bits per heavy atom. The summed E-state index contributed by atoms with van der Waals surface area (Å²) in [6.45, 7) is 6.57. The maximum Gasteiger partial charge on any atom is 0.410 e. The summed E-state index contributed by atoms with van der Waals surface area (Å²) < 4.78 is 16.2. The summed E-state index contributed by atoms with van der Waals surface area (Å²) >= 11 is 0. The van der Waals surface area contributed by atoms with Gasteiger partial charge in [-0.15, -0.1) is 0 Å². The molecule has 0 saturated carbocycles. The van der Waals surface area contributed by atoms with Gasteiger partial charge in [0.05, 0.1) is 25.9 Å². The molecule has 1 fully saturated rings. The van der Waals surface area contributed by atoms with E-state index in [-0.39, 0.29) is 12.2 Å². The van der Waals surface area contributed by atoms with Gasteiger partial charge in [-0.25, -0.2) is 4.79 Å². The van der Waals surface area contributed by atoms with Crippen LogP contribution in [0.5, 0.6) is 11.5 Å². The van der Waals surface area contributed by atoms with E-state index in [1.54, 1.807) is 30.2 Å². The zero-order valence-electron chi connectivity index (χ0n) is 12.9. The Labute approximate surface area is 124 Å². The van der Waals surface area contributed by atoms with Gasteiger partial charge < -0.3 is 24.8 Å². The number of hydrogen-bond donors (Lipinski definition) is 1. The first-order valence-electron chi connectivity index (χ1n) is 6.86. The van der Waals surface area contributed by atoms with Crippen molar-refractivity contribution in [1.82, 2.24) is 4.90 Å². The minimum atomic E-state index is -0.479. The molecule has 0 spiro atoms. The molecular formula is C15H22N2O4. The number of benzene rings is 1. The molecule has 1 amide bonds. The van der Waals surface area contributed by atoms with E-state index in [2.05, 4.69) is 0 Å². The lowest BCUT2D eigenvalue weighted by atomic mass is 10.1. The molecule has 116 valence electrons. The number of carbonyl (C=O) groups is 1. The Balaban J connectivity index is 1.84. The Morgan fingerprint density at radius 1 is 1.33 bits per heavy atom. The van der Waals surface area contributed by atoms with Crippen molar-refractivity contribution >= 4 is 11.8 Å². The van der Waals surface area contributed by atoms with Gasteiger partial charge in [0.15, 0.2) is 0 Å². The first-order valence-corrected chi connectivity index (χ1v) is 6.86. The van der Waals surface area contributed by atoms with Crippen LogP contribution in [0.1, 0.15) is 20.8 Å². The van der Waals surface area contributed by atoms with Gasteiger partial charge >= 0.3 is 6.09 Å². The molecule has 1 aliphatic heterocycles. The lowest BCUT2D eigenvalue weighted by Crippen LogP contribution is -2.57. The second kappa shape index (κ2) is 5.71. The maximum absolute atomic E-state index is 11.8. The molecule has 0 aliphatic carbocycles. The van der Waals surface area contributed by atoms with Crippen molar-refractivity contribution in [3.63, 3.8) is 0 Å². The minimum absolute atomic E-state index is 0.0363. The molecular weight excluding hydrogens is 272 g/mol. The van der Waals surface area contributed by atoms with Crippen molar-refractivity contribution in [2.24, 2.45) is 0 Å². The van der Waals surface area contributed by atoms with Gasteiger partial charge in [0, 0.05) is 6.07 Å². The number of anilines is 1. The summed E-state index contributed by atoms with van der Waals surface area (Å²) in [5.41, 5.74) is 5.83. The van der Waals surface area contributed by atoms with Crippen LogP contribution in [0.4, 0.5) is 10.5 Å². The lowest BCUT2D eigenvalue weighted by Gasteiger charge is -2.39. The summed E-state index contributed by atoms with van der Waals surface area (Å²) in [6.07, 6.45) is -0.344. The van der Waals surface area contributed by atoms with E-state index in [9.17, 15) is 4.79 Å². The summed E-state index contributed by atoms with van der Waals surface area (Å²) in [7, 11) is 1.56. The summed E-state index contributed by atoms with van der Waals surface area (Å²) in [5.74, 6) is 1.26. The van der Waals surface area contributed by atoms with E-state index < -0.39 is 5.60 Å². The molecule has 0 radical (unpaired) electrons. The highest BCUT2D eigenvalue weighted by Gasteiger charge is 2.35. The van der Waals surface area contributed by atoms with Crippen molar-refractivity contribution in [2.75, 3.05) is 25.9 Å². The fourth-order valence-electron chi connectivity index (χ4n) is 1.95. The second-order valence-electron chi connectivity index (χ2n) is 6.03. The van der Waals surface area contributed by atoms with Crippen molar-refractivity contribution in [1.29, 1.82) is 0 Å². The average molecular weight is 294 g/mol. The van der Waals surface area contributed by atoms with E-state index >= 15 is 0 Å². The zero-order valence-corrected chi connectivity index (χ0v) is 12.9. The van der Waals surface area contributed by atoms with E-state index in [1.165, 1.54) is 0 Å². The zero-order chi connectivity index (χ0) is 15.6. The van der Waals surface area contributed by atoms with E-state index in [0.29, 0.717) is 30.3 Å². The molecule has 6 heteroatoms. The van der Waals surface area contributed by atoms with Gasteiger partial charge in [0.1, 0.15) is 23.2 Å². The highest BCUT2D eigenvalue weighted by Crippen LogP contribution is 2.28. The number of ether oxygens (including phenoxy) is 3. The Kier molecular flexibility index (Phi) is 4.16. The van der Waals surface area contributed by atoms with Crippen molar-refractivity contribution in [3.05, 3.63) is 18.2 Å². The summed E-state index contributed by atoms with van der Waals surface area (Å²) in [4.78, 5) is 13.4. The highest BCUT2D eigenvalue weighted by atomic mass is 16.6. The van der Waals surface area contributed by atoms with Gasteiger partial charge in [0.25, 0.3) is 0 Å². The van der Waals surface area contributed by atoms with Crippen LogP contribution in [0.25, 0.3) is 0 Å². The predicted octanol–water partition coefficient (Wildman–Crippen LogP) is 2.28. The normalized spacial score (nSPS) is 15.3. The number of hydrogen-bond acceptors (Lipinski definition) is 5. The van der Waals surface area contributed by atoms with Crippen LogP contribution in [0.2, 0.25) is 0 Å². The summed E-state index contributed by atoms with van der Waals surface area (Å²) in [5, 5.41) is 0. The number of rotatable bonds is 3. The molecule has 0 bridgehead atoms. The molecule has 21 heavy (non-hydrogen) atoms. The molecule has 6 nitrogen and oxygen atoms in total. The van der Waals surface area contributed by atoms with Crippen molar-refractivity contribution in [2.45, 2.75) is 32.5 Å². The van der Waals surface area contributed by atoms with Crippen LogP contribution in [0, 0.1) is 0 Å². The molecule has 1 aromatic rings. The third-order valence-electron chi connectivity index (χ3n) is 3.01. The third kappa shape index (κ3) is 3.93. The SMILES string of the molecule is COc1cc(OC2CN(C(=O)OC(C)(C)C)C2)ccc1N. The lowest BCUT2D eigenvalue weighted by molar-refractivity contribution is -0.0221. The number of likely N-dealkylation sites (tertiary alicyclic amines) is 1. The molecule has 0 unspecified atom stereocenters. The Hall–Kier alpha value is -2.11. The van der Waals surface area contributed by atoms with E-state index in [0.717, 1.165) is 0 Å². The first kappa shape index (κ1) is 15.3. The van der Waals surface area contributed by atoms with Crippen LogP contribution in [-0.4, -0.2) is 42.9 Å². The molecule has 2 rings (SSSR count). The number of nitrogen functional groups attached to an aromatic ring is 1. The predicted molar refractivity (Wildman–Crippen MR) is 79.6 cm³/mol. The topological polar surface area (TPSA) is 74.0 Å². The van der Waals surface area contributed by atoms with Crippen LogP contribution in [0.3, 0.4) is 0 Å². The molecule has 1 saturated heterocycles. The fraction of sp³-hybridized carbons (Fsp3) is 0.533. The second-order valence-corrected chi connectivity index (χ2v) is 6.03. The Bertz CT molecular complexity index is 519. The van der Waals surface area contributed by atoms with Crippen LogP contribution in [0.15, 0.2) is 18.2 Å². The molecule has 1 aliphatic rings. The fourth-order valence-corrected chi connectivity index (χ4v) is 1.95. The Morgan fingerprint density at radius 2 is 2.00 bits per heavy atom. The largest absolute Gasteiger partial charge is 0.494 e. The van der Waals surface area contributed by atoms with Crippen LogP contribution >= 0.6 is 0 Å². The number of nitrogens with zero attached hydrogens (tertiary/aromatic N) is 1. The number of methoxy groups -OCH3 is 1. The summed E-state index contributed by atoms with van der Waals surface area (Å²) in [6, 6.07) is 5.26. The van der Waals surface area contributed by atoms with Gasteiger partial charge in [-0.3, -0.25) is 0 Å². The minimum Gasteiger partial charge on any atom is -0.494 e. The molecule has 0 atom stereocenters. The molecule has 1 aromatic carbocycles. The number of amides is 1. The third-order valence-corrected chi connectivity index (χ3v) is 3.01. The molecule has 0 aromatic heterocycles. The van der Waals surface area contributed by atoms with Crippen LogP contribution < -0.4 is 15.2 Å². The smallest absolute Gasteiger partial charge is 0.410 e. The maximum atomic E-state index is 11.8. The van der Waals surface area contributed by atoms with E-state index in [1.807, 2.05) is 20.8 Å². The van der Waals surface area contributed by atoms with Crippen molar-refractivity contribution in [3.8, 4) is 11.5 Å². The van der Waals surface area contributed by atoms with Crippen LogP contribution in [-0.2, 0) is 4.74 Å². The number of carbonyl (C=O) groups excluding carboxylic acids is 1. The number of nitrogens with two attached hydrogens (primary N) is 1. The first-order chi connectivity index (χ1) is 9.78. The quantitative estimate of drug-likeness (QED) is 0.866. The van der Waals surface area contributed by atoms with Gasteiger partial charge in [-0.1, -0.05) is 0 Å². The molecule has 2 N–H and O–H groups in total. The van der Waals surface area contributed by atoms with E-state index in [4.69, 9.17) is 19.9 Å². The average Bonchev–Trinajstić information content (AvgIpc) is 2.32. The monoisotopic (exact) mass is 294 g/mol.